The second-order valence-corrected chi connectivity index (χ2v) is 2.16. The molecule has 0 aliphatic heterocycles. The van der Waals surface area contributed by atoms with Crippen LogP contribution in [-0.2, 0) is 0 Å². The van der Waals surface area contributed by atoms with E-state index >= 15 is 0 Å². The Morgan fingerprint density at radius 2 is 2.20 bits per heavy atom. The highest BCUT2D eigenvalue weighted by molar-refractivity contribution is 6.80. The van der Waals surface area contributed by atoms with Crippen molar-refractivity contribution in [3.8, 4) is 0 Å². The zero-order chi connectivity index (χ0) is 8.15. The Balaban J connectivity index is 4.08. The van der Waals surface area contributed by atoms with Crippen molar-refractivity contribution in [2.75, 3.05) is 13.6 Å². The van der Waals surface area contributed by atoms with Crippen LogP contribution in [0.5, 0.6) is 0 Å². The second-order valence-electron chi connectivity index (χ2n) is 2.16. The Morgan fingerprint density at radius 1 is 1.70 bits per heavy atom. The molecule has 0 rings (SSSR count). The van der Waals surface area contributed by atoms with E-state index in [1.165, 1.54) is 7.05 Å². The predicted octanol–water partition coefficient (Wildman–Crippen LogP) is -1.34. The van der Waals surface area contributed by atoms with E-state index in [-0.39, 0.29) is 5.92 Å². The van der Waals surface area contributed by atoms with Crippen LogP contribution in [0.25, 0.3) is 0 Å². The number of hydrogen-bond donors (Lipinski definition) is 3. The summed E-state index contributed by atoms with van der Waals surface area (Å²) in [6, 6.07) is 0. The lowest BCUT2D eigenvalue weighted by molar-refractivity contribution is 0.426. The van der Waals surface area contributed by atoms with Gasteiger partial charge in [-0.05, 0) is 6.54 Å². The highest BCUT2D eigenvalue weighted by Gasteiger charge is 2.20. The minimum atomic E-state index is -1.47. The van der Waals surface area contributed by atoms with Gasteiger partial charge in [-0.3, -0.25) is 0 Å². The van der Waals surface area contributed by atoms with Crippen molar-refractivity contribution in [1.29, 1.82) is 0 Å². The largest absolute Gasteiger partial charge is 0.503 e. The third-order valence-electron chi connectivity index (χ3n) is 1.38. The SMILES string of the molecule is CN=C(B(O)O)C(C)CN. The summed E-state index contributed by atoms with van der Waals surface area (Å²) in [5, 5.41) is 17.4. The van der Waals surface area contributed by atoms with Gasteiger partial charge < -0.3 is 20.8 Å². The first kappa shape index (κ1) is 9.61. The van der Waals surface area contributed by atoms with Gasteiger partial charge in [0.05, 0.1) is 0 Å². The molecule has 0 bridgehead atoms. The van der Waals surface area contributed by atoms with E-state index in [1.807, 2.05) is 0 Å². The Labute approximate surface area is 60.9 Å². The van der Waals surface area contributed by atoms with Crippen molar-refractivity contribution in [2.24, 2.45) is 16.6 Å². The van der Waals surface area contributed by atoms with Crippen LogP contribution in [0.15, 0.2) is 4.99 Å². The molecule has 0 amide bonds. The number of aliphatic imine (C=N–C) groups is 1. The molecule has 1 atom stereocenters. The summed E-state index contributed by atoms with van der Waals surface area (Å²) in [7, 11) is 0.0459. The number of rotatable bonds is 3. The number of nitrogens with two attached hydrogens (primary N) is 1. The topological polar surface area (TPSA) is 78.8 Å². The minimum absolute atomic E-state index is 0.0648. The first-order valence-corrected chi connectivity index (χ1v) is 3.16. The monoisotopic (exact) mass is 144 g/mol. The van der Waals surface area contributed by atoms with Crippen LogP contribution in [0, 0.1) is 5.92 Å². The van der Waals surface area contributed by atoms with Gasteiger partial charge in [0.15, 0.2) is 0 Å². The van der Waals surface area contributed by atoms with Crippen molar-refractivity contribution in [2.45, 2.75) is 6.92 Å². The van der Waals surface area contributed by atoms with E-state index in [9.17, 15) is 0 Å². The highest BCUT2D eigenvalue weighted by Crippen LogP contribution is 1.96. The Kier molecular flexibility index (Phi) is 4.26. The molecule has 0 saturated heterocycles. The smallest absolute Gasteiger partial charge is 0.422 e. The number of nitrogens with zero attached hydrogens (tertiary/aromatic N) is 1. The van der Waals surface area contributed by atoms with Crippen LogP contribution in [0.4, 0.5) is 0 Å². The normalized spacial score (nSPS) is 15.1. The zero-order valence-corrected chi connectivity index (χ0v) is 6.28. The van der Waals surface area contributed by atoms with E-state index in [0.717, 1.165) is 0 Å². The zero-order valence-electron chi connectivity index (χ0n) is 6.28. The lowest BCUT2D eigenvalue weighted by atomic mass is 9.76. The highest BCUT2D eigenvalue weighted by atomic mass is 16.4. The van der Waals surface area contributed by atoms with Crippen LogP contribution >= 0.6 is 0 Å². The fourth-order valence-electron chi connectivity index (χ4n) is 0.711. The van der Waals surface area contributed by atoms with E-state index in [2.05, 4.69) is 4.99 Å². The molecule has 4 N–H and O–H groups in total. The summed E-state index contributed by atoms with van der Waals surface area (Å²) in [6.45, 7) is 2.17. The first-order valence-electron chi connectivity index (χ1n) is 3.16. The van der Waals surface area contributed by atoms with Gasteiger partial charge in [0.2, 0.25) is 0 Å². The predicted molar refractivity (Wildman–Crippen MR) is 41.8 cm³/mol. The van der Waals surface area contributed by atoms with Crippen LogP contribution < -0.4 is 5.73 Å². The molecule has 0 aromatic heterocycles. The van der Waals surface area contributed by atoms with Gasteiger partial charge in [-0.25, -0.2) is 0 Å². The maximum Gasteiger partial charge on any atom is 0.503 e. The first-order chi connectivity index (χ1) is 4.63. The standard InChI is InChI=1S/C5H13BN2O2/c1-4(3-7)5(8-2)6(9)10/h4,9-10H,3,7H2,1-2H3. The summed E-state index contributed by atoms with van der Waals surface area (Å²) in [5.41, 5.74) is 5.62. The average molecular weight is 144 g/mol. The molecule has 0 fully saturated rings. The van der Waals surface area contributed by atoms with E-state index in [0.29, 0.717) is 12.2 Å². The van der Waals surface area contributed by atoms with Crippen molar-refractivity contribution < 1.29 is 10.0 Å². The molecule has 0 aliphatic rings. The molecule has 0 heterocycles. The average Bonchev–Trinajstić information content (AvgIpc) is 1.88. The van der Waals surface area contributed by atoms with Crippen molar-refractivity contribution >= 4 is 12.7 Å². The quantitative estimate of drug-likeness (QED) is 0.339. The maximum absolute atomic E-state index is 8.68. The minimum Gasteiger partial charge on any atom is -0.422 e. The van der Waals surface area contributed by atoms with E-state index < -0.39 is 7.12 Å². The molecule has 0 spiro atoms. The number of hydrogen-bond acceptors (Lipinski definition) is 4. The Bertz CT molecular complexity index is 127. The summed E-state index contributed by atoms with van der Waals surface area (Å²) in [4.78, 5) is 3.69. The molecule has 0 aromatic rings. The lowest BCUT2D eigenvalue weighted by Gasteiger charge is -2.09. The molecule has 0 aliphatic carbocycles. The van der Waals surface area contributed by atoms with Crippen molar-refractivity contribution in [1.82, 2.24) is 0 Å². The Morgan fingerprint density at radius 3 is 2.30 bits per heavy atom. The van der Waals surface area contributed by atoms with E-state index in [4.69, 9.17) is 15.8 Å². The molecule has 4 nitrogen and oxygen atoms in total. The molecular weight excluding hydrogens is 131 g/mol. The Hall–Kier alpha value is -0.385. The lowest BCUT2D eigenvalue weighted by Crippen LogP contribution is -2.34. The van der Waals surface area contributed by atoms with Gasteiger partial charge in [0, 0.05) is 18.6 Å². The summed E-state index contributed by atoms with van der Waals surface area (Å²) in [5.74, 6) is -0.0648. The summed E-state index contributed by atoms with van der Waals surface area (Å²) in [6.07, 6.45) is 0. The van der Waals surface area contributed by atoms with Gasteiger partial charge in [-0.15, -0.1) is 0 Å². The molecule has 5 heteroatoms. The van der Waals surface area contributed by atoms with Gasteiger partial charge in [0.25, 0.3) is 0 Å². The second kappa shape index (κ2) is 4.43. The molecule has 58 valence electrons. The molecule has 0 radical (unpaired) electrons. The fourth-order valence-corrected chi connectivity index (χ4v) is 0.711. The van der Waals surface area contributed by atoms with Crippen molar-refractivity contribution in [3.63, 3.8) is 0 Å². The van der Waals surface area contributed by atoms with Crippen LogP contribution in [0.2, 0.25) is 0 Å². The molecule has 0 aromatic carbocycles. The van der Waals surface area contributed by atoms with Gasteiger partial charge in [-0.1, -0.05) is 6.92 Å². The molecule has 1 unspecified atom stereocenters. The third-order valence-corrected chi connectivity index (χ3v) is 1.38. The summed E-state index contributed by atoms with van der Waals surface area (Å²) < 4.78 is 0. The third kappa shape index (κ3) is 2.47. The summed E-state index contributed by atoms with van der Waals surface area (Å²) >= 11 is 0. The van der Waals surface area contributed by atoms with Gasteiger partial charge in [-0.2, -0.15) is 0 Å². The van der Waals surface area contributed by atoms with Crippen LogP contribution in [0.1, 0.15) is 6.92 Å². The van der Waals surface area contributed by atoms with Gasteiger partial charge >= 0.3 is 7.12 Å². The van der Waals surface area contributed by atoms with Crippen molar-refractivity contribution in [3.05, 3.63) is 0 Å². The fraction of sp³-hybridized carbons (Fsp3) is 0.800. The molecule has 0 saturated carbocycles. The molecular formula is C5H13BN2O2. The van der Waals surface area contributed by atoms with E-state index in [1.54, 1.807) is 6.92 Å². The van der Waals surface area contributed by atoms with Crippen LogP contribution in [-0.4, -0.2) is 36.4 Å². The van der Waals surface area contributed by atoms with Gasteiger partial charge in [0.1, 0.15) is 0 Å². The van der Waals surface area contributed by atoms with Crippen LogP contribution in [0.3, 0.4) is 0 Å². The maximum atomic E-state index is 8.68. The molecule has 10 heavy (non-hydrogen) atoms.